The average Bonchev–Trinajstić information content (AvgIpc) is 3.88. The van der Waals surface area contributed by atoms with Crippen molar-refractivity contribution in [2.75, 3.05) is 9.80 Å². The second-order valence-corrected chi connectivity index (χ2v) is 16.3. The van der Waals surface area contributed by atoms with Gasteiger partial charge in [-0.25, -0.2) is 0 Å². The van der Waals surface area contributed by atoms with Crippen LogP contribution in [0.15, 0.2) is 83.6 Å². The van der Waals surface area contributed by atoms with Gasteiger partial charge < -0.3 is 9.80 Å². The molecule has 0 aliphatic heterocycles. The minimum absolute atomic E-state index is 0.186. The van der Waals surface area contributed by atoms with Crippen LogP contribution in [0.4, 0.5) is 17.1 Å². The Balaban J connectivity index is 1.58. The number of fused-ring (bicyclic) bond motifs is 3. The van der Waals surface area contributed by atoms with Gasteiger partial charge in [0.25, 0.3) is 0 Å². The number of benzene rings is 2. The van der Waals surface area contributed by atoms with Crippen molar-refractivity contribution in [1.29, 1.82) is 0 Å². The zero-order valence-corrected chi connectivity index (χ0v) is 31.3. The number of terminal acetylenes is 1. The molecule has 5 aliphatic rings. The summed E-state index contributed by atoms with van der Waals surface area (Å²) in [7, 11) is 0. The quantitative estimate of drug-likeness (QED) is 0.126. The Hall–Kier alpha value is -4.22. The minimum atomic E-state index is 0.186. The van der Waals surface area contributed by atoms with Gasteiger partial charge in [0.2, 0.25) is 0 Å². The maximum Gasteiger partial charge on any atom is 0.0923 e. The Morgan fingerprint density at radius 1 is 0.860 bits per heavy atom. The number of hydrogen-bond acceptors (Lipinski definition) is 2. The lowest BCUT2D eigenvalue weighted by Crippen LogP contribution is -2.46. The highest BCUT2D eigenvalue weighted by molar-refractivity contribution is 5.91. The smallest absolute Gasteiger partial charge is 0.0923 e. The Kier molecular flexibility index (Phi) is 9.72. The van der Waals surface area contributed by atoms with Crippen molar-refractivity contribution in [3.8, 4) is 12.3 Å². The van der Waals surface area contributed by atoms with Crippen molar-refractivity contribution in [2.24, 2.45) is 17.3 Å². The third-order valence-electron chi connectivity index (χ3n) is 11.9. The molecule has 0 spiro atoms. The van der Waals surface area contributed by atoms with Crippen LogP contribution in [-0.2, 0) is 0 Å². The number of allylic oxidation sites excluding steroid dienone is 8. The van der Waals surface area contributed by atoms with E-state index in [0.717, 1.165) is 43.7 Å². The van der Waals surface area contributed by atoms with Crippen LogP contribution in [0.2, 0.25) is 0 Å². The number of aryl methyl sites for hydroxylation is 1. The minimum Gasteiger partial charge on any atom is -0.337 e. The fraction of sp³-hybridized carbons (Fsp3) is 0.417. The molecule has 0 saturated heterocycles. The van der Waals surface area contributed by atoms with Gasteiger partial charge in [0, 0.05) is 39.3 Å². The average molecular weight is 661 g/mol. The SMILES string of the molecule is C#C/C(=C\C=C(C)C)N(c1c2c(c(N(c3ccc(C)cc3)C3CC=CC(C)=CC3)c3c1=CC1CC1(C)C=3)C=CCC=C2)C1CCCC(C)CC1. The van der Waals surface area contributed by atoms with Gasteiger partial charge in [0.05, 0.1) is 17.1 Å². The van der Waals surface area contributed by atoms with Gasteiger partial charge in [-0.3, -0.25) is 0 Å². The Morgan fingerprint density at radius 2 is 1.62 bits per heavy atom. The summed E-state index contributed by atoms with van der Waals surface area (Å²) < 4.78 is 0. The van der Waals surface area contributed by atoms with Gasteiger partial charge in [0.15, 0.2) is 0 Å². The van der Waals surface area contributed by atoms with E-state index in [0.29, 0.717) is 18.0 Å². The molecule has 0 amide bonds. The van der Waals surface area contributed by atoms with Crippen molar-refractivity contribution < 1.29 is 0 Å². The monoisotopic (exact) mass is 660 g/mol. The van der Waals surface area contributed by atoms with Gasteiger partial charge in [-0.1, -0.05) is 122 Å². The topological polar surface area (TPSA) is 6.48 Å². The van der Waals surface area contributed by atoms with E-state index in [4.69, 9.17) is 6.42 Å². The summed E-state index contributed by atoms with van der Waals surface area (Å²) in [6.45, 7) is 13.6. The molecule has 0 heterocycles. The van der Waals surface area contributed by atoms with E-state index in [1.165, 1.54) is 81.0 Å². The molecule has 0 bridgehead atoms. The van der Waals surface area contributed by atoms with Gasteiger partial charge in [-0.2, -0.15) is 0 Å². The molecule has 5 aliphatic carbocycles. The van der Waals surface area contributed by atoms with Crippen molar-refractivity contribution in [3.63, 3.8) is 0 Å². The van der Waals surface area contributed by atoms with Crippen LogP contribution < -0.4 is 20.2 Å². The van der Waals surface area contributed by atoms with Gasteiger partial charge in [0.1, 0.15) is 0 Å². The van der Waals surface area contributed by atoms with Crippen molar-refractivity contribution >= 4 is 41.4 Å². The number of hydrogen-bond donors (Lipinski definition) is 0. The normalized spacial score (nSPS) is 26.7. The lowest BCUT2D eigenvalue weighted by atomic mass is 9.88. The zero-order chi connectivity index (χ0) is 35.0. The molecule has 2 aromatic carbocycles. The highest BCUT2D eigenvalue weighted by Crippen LogP contribution is 2.56. The fourth-order valence-electron chi connectivity index (χ4n) is 8.79. The van der Waals surface area contributed by atoms with Crippen molar-refractivity contribution in [2.45, 2.75) is 111 Å². The van der Waals surface area contributed by atoms with E-state index >= 15 is 0 Å². The molecule has 2 aromatic rings. The molecule has 50 heavy (non-hydrogen) atoms. The van der Waals surface area contributed by atoms with Crippen LogP contribution in [0.3, 0.4) is 0 Å². The number of nitrogens with zero attached hydrogens (tertiary/aromatic N) is 2. The van der Waals surface area contributed by atoms with Gasteiger partial charge >= 0.3 is 0 Å². The highest BCUT2D eigenvalue weighted by Gasteiger charge is 2.49. The van der Waals surface area contributed by atoms with E-state index < -0.39 is 0 Å². The largest absolute Gasteiger partial charge is 0.337 e. The van der Waals surface area contributed by atoms with Crippen LogP contribution in [0.5, 0.6) is 0 Å². The second-order valence-electron chi connectivity index (χ2n) is 16.3. The zero-order valence-electron chi connectivity index (χ0n) is 31.3. The molecule has 0 aromatic heterocycles. The highest BCUT2D eigenvalue weighted by atomic mass is 15.2. The summed E-state index contributed by atoms with van der Waals surface area (Å²) in [5.74, 6) is 4.52. The predicted molar refractivity (Wildman–Crippen MR) is 218 cm³/mol. The maximum atomic E-state index is 6.54. The van der Waals surface area contributed by atoms with Crippen LogP contribution in [-0.4, -0.2) is 12.1 Å². The van der Waals surface area contributed by atoms with E-state index in [9.17, 15) is 0 Å². The van der Waals surface area contributed by atoms with E-state index in [1.54, 1.807) is 0 Å². The first-order valence-electron chi connectivity index (χ1n) is 19.2. The summed E-state index contributed by atoms with van der Waals surface area (Å²) >= 11 is 0. The number of anilines is 3. The van der Waals surface area contributed by atoms with Crippen molar-refractivity contribution in [3.05, 3.63) is 111 Å². The molecule has 2 fully saturated rings. The van der Waals surface area contributed by atoms with Gasteiger partial charge in [-0.05, 0) is 108 Å². The third kappa shape index (κ3) is 6.77. The Labute approximate surface area is 302 Å². The standard InChI is InChI=1S/C48H56N2/c1-8-38(25-20-33(2)3)49(39-16-12-14-34(4)21-26-39)46-42-18-10-9-11-19-43(42)47(45-32-48(7)31-37(48)30-44(45)46)50(41-28-23-36(6)24-29-41)40-17-13-15-35(5)22-27-40/h1,10-11,13,15,18-20,22-25,28-30,32,34,37,39-40H,9,12,14,16-17,21,26-27,31H2,2-7H3/b38-25+. The molecule has 0 radical (unpaired) electrons. The Morgan fingerprint density at radius 3 is 2.36 bits per heavy atom. The lowest BCUT2D eigenvalue weighted by Gasteiger charge is -2.39. The lowest BCUT2D eigenvalue weighted by molar-refractivity contribution is 0.496. The third-order valence-corrected chi connectivity index (χ3v) is 11.9. The van der Waals surface area contributed by atoms with E-state index in [1.807, 2.05) is 0 Å². The molecule has 2 heteroatoms. The van der Waals surface area contributed by atoms with Crippen LogP contribution in [0, 0.1) is 36.5 Å². The van der Waals surface area contributed by atoms with Crippen LogP contribution in [0.25, 0.3) is 24.3 Å². The van der Waals surface area contributed by atoms with E-state index in [-0.39, 0.29) is 5.41 Å². The molecule has 5 unspecified atom stereocenters. The maximum absolute atomic E-state index is 6.54. The molecule has 258 valence electrons. The molecule has 2 nitrogen and oxygen atoms in total. The summed E-state index contributed by atoms with van der Waals surface area (Å²) in [6.07, 6.45) is 43.1. The predicted octanol–water partition coefficient (Wildman–Crippen LogP) is 11.1. The molecule has 7 rings (SSSR count). The second kappa shape index (κ2) is 14.2. The molecule has 2 saturated carbocycles. The van der Waals surface area contributed by atoms with Gasteiger partial charge in [-0.15, -0.1) is 6.42 Å². The summed E-state index contributed by atoms with van der Waals surface area (Å²) in [5.41, 5.74) is 11.6. The summed E-state index contributed by atoms with van der Waals surface area (Å²) in [5, 5.41) is 2.76. The van der Waals surface area contributed by atoms with E-state index in [2.05, 4.69) is 148 Å². The first-order valence-corrected chi connectivity index (χ1v) is 19.2. The molecular weight excluding hydrogens is 605 g/mol. The summed E-state index contributed by atoms with van der Waals surface area (Å²) in [4.78, 5) is 5.34. The van der Waals surface area contributed by atoms with Crippen LogP contribution >= 0.6 is 0 Å². The Bertz CT molecular complexity index is 1980. The first kappa shape index (κ1) is 34.2. The number of rotatable bonds is 7. The molecule has 5 atom stereocenters. The summed E-state index contributed by atoms with van der Waals surface area (Å²) in [6, 6.07) is 9.89. The first-order chi connectivity index (χ1) is 24.2. The molecular formula is C48H56N2. The van der Waals surface area contributed by atoms with Crippen molar-refractivity contribution in [1.82, 2.24) is 0 Å². The molecule has 0 N–H and O–H groups in total. The van der Waals surface area contributed by atoms with Crippen LogP contribution in [0.1, 0.15) is 109 Å². The fourth-order valence-corrected chi connectivity index (χ4v) is 8.79.